The number of aliphatic imine (C=N–C) groups is 1. The van der Waals surface area contributed by atoms with Crippen molar-refractivity contribution in [3.63, 3.8) is 0 Å². The number of aromatic hydroxyl groups is 1. The third-order valence-electron chi connectivity index (χ3n) is 4.19. The third kappa shape index (κ3) is 3.22. The molecule has 0 saturated carbocycles. The first-order chi connectivity index (χ1) is 12.2. The zero-order valence-electron chi connectivity index (χ0n) is 14.1. The summed E-state index contributed by atoms with van der Waals surface area (Å²) in [5, 5.41) is 14.2. The lowest BCUT2D eigenvalue weighted by Gasteiger charge is -2.20. The van der Waals surface area contributed by atoms with Crippen molar-refractivity contribution < 1.29 is 14.6 Å². The molecule has 0 aliphatic carbocycles. The molecule has 0 bridgehead atoms. The molecule has 0 spiro atoms. The number of fused-ring (bicyclic) bond motifs is 1. The zero-order valence-corrected chi connectivity index (χ0v) is 14.1. The van der Waals surface area contributed by atoms with E-state index in [1.165, 1.54) is 14.2 Å². The van der Waals surface area contributed by atoms with E-state index < -0.39 is 0 Å². The SMILES string of the molecule is COc1ccc(CC2=NCCc3ccc(OC)c(O)c32)cc1N=[N+]=[N-]. The largest absolute Gasteiger partial charge is 0.504 e. The molecule has 1 N–H and O–H groups in total. The number of hydrogen-bond donors (Lipinski definition) is 1. The highest BCUT2D eigenvalue weighted by molar-refractivity contribution is 6.06. The van der Waals surface area contributed by atoms with Crippen molar-refractivity contribution in [2.45, 2.75) is 12.8 Å². The lowest BCUT2D eigenvalue weighted by molar-refractivity contribution is 0.372. The van der Waals surface area contributed by atoms with Gasteiger partial charge in [0.25, 0.3) is 0 Å². The highest BCUT2D eigenvalue weighted by Gasteiger charge is 2.21. The van der Waals surface area contributed by atoms with Crippen LogP contribution in [0.15, 0.2) is 40.4 Å². The Balaban J connectivity index is 1.99. The van der Waals surface area contributed by atoms with Crippen molar-refractivity contribution in [1.29, 1.82) is 0 Å². The molecule has 1 aliphatic heterocycles. The summed E-state index contributed by atoms with van der Waals surface area (Å²) in [6.07, 6.45) is 1.29. The van der Waals surface area contributed by atoms with Crippen LogP contribution in [-0.2, 0) is 12.8 Å². The number of rotatable bonds is 5. The van der Waals surface area contributed by atoms with E-state index >= 15 is 0 Å². The van der Waals surface area contributed by atoms with E-state index in [0.29, 0.717) is 30.2 Å². The Labute approximate surface area is 145 Å². The predicted octanol–water partition coefficient (Wildman–Crippen LogP) is 3.94. The predicted molar refractivity (Wildman–Crippen MR) is 95.3 cm³/mol. The van der Waals surface area contributed by atoms with Crippen LogP contribution >= 0.6 is 0 Å². The van der Waals surface area contributed by atoms with E-state index in [0.717, 1.165) is 28.8 Å². The van der Waals surface area contributed by atoms with E-state index in [9.17, 15) is 5.11 Å². The Hall–Kier alpha value is -3.18. The van der Waals surface area contributed by atoms with Crippen LogP contribution in [-0.4, -0.2) is 31.6 Å². The second-order valence-electron chi connectivity index (χ2n) is 5.60. The first-order valence-corrected chi connectivity index (χ1v) is 7.82. The molecule has 3 rings (SSSR count). The number of phenols is 1. The van der Waals surface area contributed by atoms with Gasteiger partial charge in [-0.1, -0.05) is 17.2 Å². The lowest BCUT2D eigenvalue weighted by atomic mass is 9.92. The molecule has 0 atom stereocenters. The van der Waals surface area contributed by atoms with E-state index in [4.69, 9.17) is 15.0 Å². The van der Waals surface area contributed by atoms with Gasteiger partial charge in [-0.2, -0.15) is 0 Å². The zero-order chi connectivity index (χ0) is 17.8. The van der Waals surface area contributed by atoms with E-state index in [1.807, 2.05) is 12.1 Å². The number of phenolic OH excluding ortho intramolecular Hbond substituents is 1. The van der Waals surface area contributed by atoms with Crippen LogP contribution in [0.1, 0.15) is 16.7 Å². The molecule has 1 heterocycles. The molecule has 7 nitrogen and oxygen atoms in total. The quantitative estimate of drug-likeness (QED) is 0.507. The van der Waals surface area contributed by atoms with Crippen LogP contribution in [0, 0.1) is 0 Å². The van der Waals surface area contributed by atoms with Crippen molar-refractivity contribution in [3.8, 4) is 17.2 Å². The Morgan fingerprint density at radius 1 is 1.20 bits per heavy atom. The standard InChI is InChI=1S/C18H18N4O3/c1-24-15-5-3-11(9-13(15)21-22-19)10-14-17-12(7-8-20-14)4-6-16(25-2)18(17)23/h3-6,9,23H,7-8,10H2,1-2H3. The van der Waals surface area contributed by atoms with Crippen LogP contribution in [0.25, 0.3) is 10.4 Å². The van der Waals surface area contributed by atoms with Gasteiger partial charge in [0.05, 0.1) is 25.6 Å². The van der Waals surface area contributed by atoms with Crippen molar-refractivity contribution in [2.24, 2.45) is 10.1 Å². The van der Waals surface area contributed by atoms with Crippen LogP contribution in [0.2, 0.25) is 0 Å². The monoisotopic (exact) mass is 338 g/mol. The average molecular weight is 338 g/mol. The van der Waals surface area contributed by atoms with Gasteiger partial charge in [-0.15, -0.1) is 0 Å². The summed E-state index contributed by atoms with van der Waals surface area (Å²) in [4.78, 5) is 7.42. The topological polar surface area (TPSA) is 99.8 Å². The first kappa shape index (κ1) is 16.7. The molecule has 0 radical (unpaired) electrons. The number of benzene rings is 2. The Bertz CT molecular complexity index is 886. The maximum Gasteiger partial charge on any atom is 0.167 e. The normalized spacial score (nSPS) is 12.6. The fourth-order valence-electron chi connectivity index (χ4n) is 3.01. The summed E-state index contributed by atoms with van der Waals surface area (Å²) in [7, 11) is 3.05. The molecule has 2 aromatic rings. The van der Waals surface area contributed by atoms with Gasteiger partial charge in [0, 0.05) is 23.4 Å². The van der Waals surface area contributed by atoms with Gasteiger partial charge in [-0.05, 0) is 41.3 Å². The molecule has 0 amide bonds. The molecule has 0 saturated heterocycles. The summed E-state index contributed by atoms with van der Waals surface area (Å²) in [5.41, 5.74) is 12.6. The third-order valence-corrected chi connectivity index (χ3v) is 4.19. The molecule has 25 heavy (non-hydrogen) atoms. The summed E-state index contributed by atoms with van der Waals surface area (Å²) in [5.74, 6) is 1.05. The van der Waals surface area contributed by atoms with Gasteiger partial charge in [0.2, 0.25) is 0 Å². The Morgan fingerprint density at radius 3 is 2.68 bits per heavy atom. The minimum atomic E-state index is 0.113. The molecular formula is C18H18N4O3. The van der Waals surface area contributed by atoms with E-state index in [-0.39, 0.29) is 5.75 Å². The van der Waals surface area contributed by atoms with Crippen LogP contribution < -0.4 is 9.47 Å². The van der Waals surface area contributed by atoms with Crippen molar-refractivity contribution in [2.75, 3.05) is 20.8 Å². The Morgan fingerprint density at radius 2 is 1.96 bits per heavy atom. The molecule has 2 aromatic carbocycles. The average Bonchev–Trinajstić information content (AvgIpc) is 2.63. The molecule has 1 aliphatic rings. The highest BCUT2D eigenvalue weighted by atomic mass is 16.5. The summed E-state index contributed by atoms with van der Waals surface area (Å²) >= 11 is 0. The number of ether oxygens (including phenoxy) is 2. The van der Waals surface area contributed by atoms with Crippen molar-refractivity contribution >= 4 is 11.4 Å². The molecule has 0 unspecified atom stereocenters. The fourth-order valence-corrected chi connectivity index (χ4v) is 3.01. The maximum absolute atomic E-state index is 10.5. The van der Waals surface area contributed by atoms with E-state index in [1.54, 1.807) is 18.2 Å². The molecular weight excluding hydrogens is 320 g/mol. The van der Waals surface area contributed by atoms with Gasteiger partial charge >= 0.3 is 0 Å². The van der Waals surface area contributed by atoms with Gasteiger partial charge in [0.15, 0.2) is 11.5 Å². The maximum atomic E-state index is 10.5. The summed E-state index contributed by atoms with van der Waals surface area (Å²) in [6.45, 7) is 0.674. The summed E-state index contributed by atoms with van der Waals surface area (Å²) < 4.78 is 10.4. The highest BCUT2D eigenvalue weighted by Crippen LogP contribution is 2.36. The molecule has 0 fully saturated rings. The second-order valence-corrected chi connectivity index (χ2v) is 5.60. The van der Waals surface area contributed by atoms with E-state index in [2.05, 4.69) is 15.0 Å². The fraction of sp³-hybridized carbons (Fsp3) is 0.278. The van der Waals surface area contributed by atoms with Crippen LogP contribution in [0.3, 0.4) is 0 Å². The van der Waals surface area contributed by atoms with Crippen molar-refractivity contribution in [1.82, 2.24) is 0 Å². The minimum Gasteiger partial charge on any atom is -0.504 e. The number of methoxy groups -OCH3 is 2. The molecule has 0 aromatic heterocycles. The number of azide groups is 1. The van der Waals surface area contributed by atoms with Gasteiger partial charge in [0.1, 0.15) is 5.75 Å². The first-order valence-electron chi connectivity index (χ1n) is 7.82. The molecule has 7 heteroatoms. The van der Waals surface area contributed by atoms with Gasteiger partial charge < -0.3 is 14.6 Å². The summed E-state index contributed by atoms with van der Waals surface area (Å²) in [6, 6.07) is 9.15. The van der Waals surface area contributed by atoms with Gasteiger partial charge in [-0.3, -0.25) is 4.99 Å². The minimum absolute atomic E-state index is 0.113. The lowest BCUT2D eigenvalue weighted by Crippen LogP contribution is -2.16. The smallest absolute Gasteiger partial charge is 0.167 e. The van der Waals surface area contributed by atoms with Crippen LogP contribution in [0.4, 0.5) is 5.69 Å². The number of nitrogens with zero attached hydrogens (tertiary/aromatic N) is 4. The van der Waals surface area contributed by atoms with Crippen molar-refractivity contribution in [3.05, 3.63) is 57.5 Å². The molecule has 128 valence electrons. The number of hydrogen-bond acceptors (Lipinski definition) is 5. The van der Waals surface area contributed by atoms with Gasteiger partial charge in [-0.25, -0.2) is 0 Å². The second kappa shape index (κ2) is 7.15. The van der Waals surface area contributed by atoms with Crippen LogP contribution in [0.5, 0.6) is 17.2 Å². The Kier molecular flexibility index (Phi) is 4.77.